The van der Waals surface area contributed by atoms with E-state index in [2.05, 4.69) is 11.5 Å². The summed E-state index contributed by atoms with van der Waals surface area (Å²) in [6.45, 7) is 0. The molecule has 0 aliphatic carbocycles. The van der Waals surface area contributed by atoms with Gasteiger partial charge in [0.2, 0.25) is 0 Å². The van der Waals surface area contributed by atoms with Crippen LogP contribution in [0.4, 0.5) is 9.59 Å². The third-order valence-electron chi connectivity index (χ3n) is 0.371. The molecular weight excluding hydrogens is 126 g/mol. The highest BCUT2D eigenvalue weighted by Crippen LogP contribution is 1.46. The van der Waals surface area contributed by atoms with Crippen LogP contribution in [0.15, 0.2) is 0 Å². The smallest absolute Gasteiger partial charge is 0.327 e. The Morgan fingerprint density at radius 1 is 1.00 bits per heavy atom. The largest absolute Gasteiger partial charge is 0.351 e. The lowest BCUT2D eigenvalue weighted by Crippen LogP contribution is -2.52. The van der Waals surface area contributed by atoms with Crippen molar-refractivity contribution in [2.75, 3.05) is 0 Å². The molecule has 0 aromatic carbocycles. The fourth-order valence-electron chi connectivity index (χ4n) is 0.154. The zero-order valence-electron chi connectivity index (χ0n) is 4.47. The molecule has 9 heavy (non-hydrogen) atoms. The number of urea groups is 2. The molecule has 0 heterocycles. The lowest BCUT2D eigenvalue weighted by atomic mass is 11.1. The quantitative estimate of drug-likeness (QED) is 0.273. The molecule has 0 atom stereocenters. The molecule has 52 valence electrons. The van der Waals surface area contributed by atoms with Gasteiger partial charge in [0.05, 0.1) is 0 Å². The SMILES string of the molecule is NC(=O)NNNC(N)=O. The first kappa shape index (κ1) is 7.50. The molecule has 7 heteroatoms. The molecule has 4 amide bonds. The maximum absolute atomic E-state index is 9.84. The standard InChI is InChI=1S/C2H7N5O2/c3-1(8)5-7-6-2(4)9/h7H,(H3,3,5,8)(H3,4,6,9). The number of carbonyl (C=O) groups is 2. The van der Waals surface area contributed by atoms with E-state index < -0.39 is 12.1 Å². The average molecular weight is 133 g/mol. The van der Waals surface area contributed by atoms with E-state index in [4.69, 9.17) is 0 Å². The summed E-state index contributed by atoms with van der Waals surface area (Å²) in [6.07, 6.45) is 0. The van der Waals surface area contributed by atoms with Gasteiger partial charge in [0.25, 0.3) is 0 Å². The van der Waals surface area contributed by atoms with E-state index in [1.165, 1.54) is 0 Å². The molecule has 0 spiro atoms. The number of nitrogens with one attached hydrogen (secondary N) is 3. The van der Waals surface area contributed by atoms with Crippen molar-refractivity contribution in [3.05, 3.63) is 0 Å². The highest BCUT2D eigenvalue weighted by Gasteiger charge is 1.89. The van der Waals surface area contributed by atoms with Crippen molar-refractivity contribution in [3.63, 3.8) is 0 Å². The summed E-state index contributed by atoms with van der Waals surface area (Å²) in [5.74, 6) is 0. The summed E-state index contributed by atoms with van der Waals surface area (Å²) in [5, 5.41) is 0. The second kappa shape index (κ2) is 3.50. The van der Waals surface area contributed by atoms with Crippen molar-refractivity contribution in [2.45, 2.75) is 0 Å². The Morgan fingerprint density at radius 3 is 1.56 bits per heavy atom. The first-order chi connectivity index (χ1) is 4.13. The minimum atomic E-state index is -0.816. The predicted molar refractivity (Wildman–Crippen MR) is 28.6 cm³/mol. The van der Waals surface area contributed by atoms with E-state index in [9.17, 15) is 9.59 Å². The van der Waals surface area contributed by atoms with E-state index >= 15 is 0 Å². The Kier molecular flexibility index (Phi) is 2.91. The maximum atomic E-state index is 9.84. The van der Waals surface area contributed by atoms with E-state index in [1.807, 2.05) is 16.4 Å². The van der Waals surface area contributed by atoms with Crippen LogP contribution in [0, 0.1) is 0 Å². The number of nitrogens with two attached hydrogens (primary N) is 2. The number of hydrogen-bond acceptors (Lipinski definition) is 3. The average Bonchev–Trinajstić information content (AvgIpc) is 1.63. The molecule has 0 aliphatic rings. The van der Waals surface area contributed by atoms with Gasteiger partial charge in [0.1, 0.15) is 0 Å². The Bertz CT molecular complexity index is 108. The lowest BCUT2D eigenvalue weighted by molar-refractivity contribution is 0.233. The topological polar surface area (TPSA) is 122 Å². The van der Waals surface area contributed by atoms with Crippen LogP contribution in [0.5, 0.6) is 0 Å². The van der Waals surface area contributed by atoms with Crippen molar-refractivity contribution >= 4 is 12.1 Å². The lowest BCUT2D eigenvalue weighted by Gasteiger charge is -2.01. The number of hydrogen-bond donors (Lipinski definition) is 5. The van der Waals surface area contributed by atoms with Crippen LogP contribution in [0.1, 0.15) is 0 Å². The first-order valence-corrected chi connectivity index (χ1v) is 1.99. The van der Waals surface area contributed by atoms with Crippen LogP contribution >= 0.6 is 0 Å². The zero-order valence-corrected chi connectivity index (χ0v) is 4.47. The number of hydrazine groups is 2. The Balaban J connectivity index is 3.10. The summed E-state index contributed by atoms with van der Waals surface area (Å²) in [4.78, 5) is 19.7. The van der Waals surface area contributed by atoms with Crippen molar-refractivity contribution < 1.29 is 9.59 Å². The van der Waals surface area contributed by atoms with Crippen LogP contribution in [-0.4, -0.2) is 12.1 Å². The van der Waals surface area contributed by atoms with Gasteiger partial charge < -0.3 is 11.5 Å². The van der Waals surface area contributed by atoms with Crippen LogP contribution in [0.3, 0.4) is 0 Å². The van der Waals surface area contributed by atoms with Crippen molar-refractivity contribution in [2.24, 2.45) is 11.5 Å². The highest BCUT2D eigenvalue weighted by atomic mass is 16.2. The number of rotatable bonds is 2. The summed E-state index contributed by atoms with van der Waals surface area (Å²) in [5.41, 5.74) is 14.8. The van der Waals surface area contributed by atoms with Crippen molar-refractivity contribution in [1.29, 1.82) is 0 Å². The minimum absolute atomic E-state index is 0.816. The summed E-state index contributed by atoms with van der Waals surface area (Å²) >= 11 is 0. The zero-order chi connectivity index (χ0) is 7.28. The van der Waals surface area contributed by atoms with Gasteiger partial charge in [-0.25, -0.2) is 9.59 Å². The third-order valence-corrected chi connectivity index (χ3v) is 0.371. The van der Waals surface area contributed by atoms with Gasteiger partial charge in [0.15, 0.2) is 0 Å². The van der Waals surface area contributed by atoms with Gasteiger partial charge in [0, 0.05) is 0 Å². The van der Waals surface area contributed by atoms with E-state index in [0.717, 1.165) is 0 Å². The third kappa shape index (κ3) is 6.50. The Morgan fingerprint density at radius 2 is 1.33 bits per heavy atom. The summed E-state index contributed by atoms with van der Waals surface area (Å²) in [7, 11) is 0. The van der Waals surface area contributed by atoms with E-state index in [-0.39, 0.29) is 0 Å². The summed E-state index contributed by atoms with van der Waals surface area (Å²) in [6, 6.07) is -1.63. The van der Waals surface area contributed by atoms with Crippen LogP contribution in [0.25, 0.3) is 0 Å². The normalized spacial score (nSPS) is 8.00. The number of carbonyl (C=O) groups excluding carboxylic acids is 2. The predicted octanol–water partition coefficient (Wildman–Crippen LogP) is -2.26. The fraction of sp³-hybridized carbons (Fsp3) is 0. The van der Waals surface area contributed by atoms with Crippen LogP contribution in [-0.2, 0) is 0 Å². The van der Waals surface area contributed by atoms with Gasteiger partial charge in [-0.05, 0) is 0 Å². The molecule has 7 N–H and O–H groups in total. The van der Waals surface area contributed by atoms with Gasteiger partial charge in [-0.2, -0.15) is 0 Å². The summed E-state index contributed by atoms with van der Waals surface area (Å²) < 4.78 is 0. The second-order valence-electron chi connectivity index (χ2n) is 1.10. The number of primary amides is 2. The fourth-order valence-corrected chi connectivity index (χ4v) is 0.154. The minimum Gasteiger partial charge on any atom is -0.351 e. The van der Waals surface area contributed by atoms with Crippen LogP contribution < -0.4 is 27.9 Å². The highest BCUT2D eigenvalue weighted by molar-refractivity contribution is 5.73. The molecule has 0 rings (SSSR count). The number of amides is 4. The monoisotopic (exact) mass is 133 g/mol. The molecule has 0 aliphatic heterocycles. The first-order valence-electron chi connectivity index (χ1n) is 1.99. The maximum Gasteiger partial charge on any atom is 0.327 e. The molecule has 0 saturated heterocycles. The molecule has 0 bridgehead atoms. The van der Waals surface area contributed by atoms with E-state index in [1.54, 1.807) is 0 Å². The van der Waals surface area contributed by atoms with Crippen LogP contribution in [0.2, 0.25) is 0 Å². The molecule has 0 fully saturated rings. The second-order valence-corrected chi connectivity index (χ2v) is 1.10. The van der Waals surface area contributed by atoms with Gasteiger partial charge in [-0.1, -0.05) is 0 Å². The van der Waals surface area contributed by atoms with Gasteiger partial charge in [-0.15, -0.1) is 5.53 Å². The molecular formula is C2H7N5O2. The molecule has 0 aromatic heterocycles. The van der Waals surface area contributed by atoms with Gasteiger partial charge in [-0.3, -0.25) is 10.9 Å². The van der Waals surface area contributed by atoms with Gasteiger partial charge >= 0.3 is 12.1 Å². The molecule has 7 nitrogen and oxygen atoms in total. The Hall–Kier alpha value is -1.50. The molecule has 0 saturated carbocycles. The molecule has 0 aromatic rings. The molecule has 0 unspecified atom stereocenters. The van der Waals surface area contributed by atoms with Crippen molar-refractivity contribution in [3.8, 4) is 0 Å². The van der Waals surface area contributed by atoms with E-state index in [0.29, 0.717) is 0 Å². The van der Waals surface area contributed by atoms with Crippen molar-refractivity contribution in [1.82, 2.24) is 16.4 Å². The molecule has 0 radical (unpaired) electrons. The Labute approximate surface area is 50.7 Å².